The summed E-state index contributed by atoms with van der Waals surface area (Å²) in [7, 11) is -3.46. The van der Waals surface area contributed by atoms with E-state index >= 15 is 0 Å². The minimum atomic E-state index is -3.46. The maximum atomic E-state index is 11.6. The first-order valence-electron chi connectivity index (χ1n) is 6.86. The minimum Gasteiger partial charge on any atom is -0.480 e. The van der Waals surface area contributed by atoms with Crippen LogP contribution in [0, 0.1) is 0 Å². The van der Waals surface area contributed by atoms with E-state index in [-0.39, 0.29) is 5.75 Å². The van der Waals surface area contributed by atoms with Crippen molar-refractivity contribution in [2.75, 3.05) is 5.75 Å². The normalized spacial score (nSPS) is 13.4. The number of unbranched alkanes of at least 4 members (excludes halogenated alkanes) is 7. The van der Waals surface area contributed by atoms with E-state index in [4.69, 9.17) is 5.11 Å². The summed E-state index contributed by atoms with van der Waals surface area (Å²) in [6.45, 7) is 3.41. The van der Waals surface area contributed by atoms with E-state index in [2.05, 4.69) is 6.92 Å². The van der Waals surface area contributed by atoms with Crippen molar-refractivity contribution in [2.24, 2.45) is 0 Å². The van der Waals surface area contributed by atoms with Crippen LogP contribution in [-0.4, -0.2) is 30.5 Å². The summed E-state index contributed by atoms with van der Waals surface area (Å²) in [5.74, 6) is -1.26. The van der Waals surface area contributed by atoms with Crippen molar-refractivity contribution < 1.29 is 18.3 Å². The van der Waals surface area contributed by atoms with Gasteiger partial charge < -0.3 is 5.11 Å². The van der Waals surface area contributed by atoms with E-state index in [0.29, 0.717) is 6.42 Å². The second-order valence-electron chi connectivity index (χ2n) is 4.82. The Morgan fingerprint density at radius 1 is 1.00 bits per heavy atom. The first-order chi connectivity index (χ1) is 8.41. The Bertz CT molecular complexity index is 322. The molecule has 0 aromatic rings. The molecule has 0 spiro atoms. The van der Waals surface area contributed by atoms with Gasteiger partial charge in [-0.1, -0.05) is 51.9 Å². The molecular weight excluding hydrogens is 252 g/mol. The summed E-state index contributed by atoms with van der Waals surface area (Å²) >= 11 is 0. The summed E-state index contributed by atoms with van der Waals surface area (Å²) in [6.07, 6.45) is 8.60. The molecule has 0 aromatic carbocycles. The molecule has 0 heterocycles. The van der Waals surface area contributed by atoms with Crippen LogP contribution in [0.25, 0.3) is 0 Å². The molecule has 5 heteroatoms. The smallest absolute Gasteiger partial charge is 0.321 e. The topological polar surface area (TPSA) is 71.4 Å². The summed E-state index contributed by atoms with van der Waals surface area (Å²) in [5.41, 5.74) is 0. The van der Waals surface area contributed by atoms with Crippen LogP contribution in [0.1, 0.15) is 65.2 Å². The van der Waals surface area contributed by atoms with Crippen molar-refractivity contribution in [3.8, 4) is 0 Å². The van der Waals surface area contributed by atoms with Crippen molar-refractivity contribution >= 4 is 15.8 Å². The highest BCUT2D eigenvalue weighted by molar-refractivity contribution is 7.92. The zero-order valence-corrected chi connectivity index (χ0v) is 12.3. The maximum Gasteiger partial charge on any atom is 0.321 e. The van der Waals surface area contributed by atoms with E-state index in [9.17, 15) is 13.2 Å². The van der Waals surface area contributed by atoms with Crippen molar-refractivity contribution in [2.45, 2.75) is 70.5 Å². The van der Waals surface area contributed by atoms with Crippen LogP contribution in [0.3, 0.4) is 0 Å². The lowest BCUT2D eigenvalue weighted by molar-refractivity contribution is -0.136. The van der Waals surface area contributed by atoms with Gasteiger partial charge in [-0.05, 0) is 13.3 Å². The van der Waals surface area contributed by atoms with Crippen LogP contribution in [0.5, 0.6) is 0 Å². The number of hydrogen-bond acceptors (Lipinski definition) is 3. The van der Waals surface area contributed by atoms with E-state index in [1.54, 1.807) is 0 Å². The first kappa shape index (κ1) is 17.4. The fourth-order valence-corrected chi connectivity index (χ4v) is 3.03. The average molecular weight is 278 g/mol. The second kappa shape index (κ2) is 9.36. The summed E-state index contributed by atoms with van der Waals surface area (Å²) < 4.78 is 23.1. The molecule has 0 aliphatic carbocycles. The van der Waals surface area contributed by atoms with E-state index in [1.807, 2.05) is 0 Å². The van der Waals surface area contributed by atoms with Gasteiger partial charge in [0.15, 0.2) is 15.1 Å². The molecule has 0 fully saturated rings. The van der Waals surface area contributed by atoms with E-state index < -0.39 is 21.1 Å². The van der Waals surface area contributed by atoms with E-state index in [0.717, 1.165) is 19.3 Å². The largest absolute Gasteiger partial charge is 0.480 e. The van der Waals surface area contributed by atoms with Gasteiger partial charge in [-0.25, -0.2) is 8.42 Å². The molecule has 18 heavy (non-hydrogen) atoms. The third-order valence-electron chi connectivity index (χ3n) is 3.17. The third-order valence-corrected chi connectivity index (χ3v) is 5.31. The summed E-state index contributed by atoms with van der Waals surface area (Å²) in [4.78, 5) is 10.6. The highest BCUT2D eigenvalue weighted by atomic mass is 32.2. The standard InChI is InChI=1S/C13H26O4S/c1-3-4-5-6-7-8-9-10-11-18(16,17)12(2)13(14)15/h12H,3-11H2,1-2H3,(H,14,15). The number of carbonyl (C=O) groups is 1. The van der Waals surface area contributed by atoms with Crippen LogP contribution < -0.4 is 0 Å². The maximum absolute atomic E-state index is 11.6. The Kier molecular flexibility index (Phi) is 9.06. The predicted molar refractivity (Wildman–Crippen MR) is 73.5 cm³/mol. The lowest BCUT2D eigenvalue weighted by Gasteiger charge is -2.08. The monoisotopic (exact) mass is 278 g/mol. The van der Waals surface area contributed by atoms with Gasteiger partial charge >= 0.3 is 5.97 Å². The zero-order chi connectivity index (χ0) is 14.0. The third kappa shape index (κ3) is 7.69. The molecule has 0 aliphatic heterocycles. The number of carboxylic acids is 1. The highest BCUT2D eigenvalue weighted by Gasteiger charge is 2.26. The summed E-state index contributed by atoms with van der Waals surface area (Å²) in [6, 6.07) is 0. The molecule has 0 rings (SSSR count). The lowest BCUT2D eigenvalue weighted by Crippen LogP contribution is -2.29. The zero-order valence-electron chi connectivity index (χ0n) is 11.5. The molecule has 0 bridgehead atoms. The van der Waals surface area contributed by atoms with Gasteiger partial charge in [-0.3, -0.25) is 4.79 Å². The highest BCUT2D eigenvalue weighted by Crippen LogP contribution is 2.11. The molecule has 0 aromatic heterocycles. The Morgan fingerprint density at radius 3 is 1.89 bits per heavy atom. The fourth-order valence-electron chi connectivity index (χ4n) is 1.77. The molecule has 0 saturated heterocycles. The molecule has 0 radical (unpaired) electrons. The molecular formula is C13H26O4S. The number of aliphatic carboxylic acids is 1. The Labute approximate surface area is 111 Å². The predicted octanol–water partition coefficient (Wildman–Crippen LogP) is 3.02. The number of sulfone groups is 1. The quantitative estimate of drug-likeness (QED) is 0.590. The molecule has 1 atom stereocenters. The van der Waals surface area contributed by atoms with E-state index in [1.165, 1.54) is 32.6 Å². The Balaban J connectivity index is 3.63. The fraction of sp³-hybridized carbons (Fsp3) is 0.923. The van der Waals surface area contributed by atoms with Gasteiger partial charge in [0.2, 0.25) is 0 Å². The van der Waals surface area contributed by atoms with Crippen molar-refractivity contribution in [3.05, 3.63) is 0 Å². The minimum absolute atomic E-state index is 0.00454. The van der Waals surface area contributed by atoms with Crippen LogP contribution in [-0.2, 0) is 14.6 Å². The number of hydrogen-bond donors (Lipinski definition) is 1. The number of rotatable bonds is 11. The number of carboxylic acid groups (broad SMARTS) is 1. The molecule has 1 N–H and O–H groups in total. The molecule has 4 nitrogen and oxygen atoms in total. The van der Waals surface area contributed by atoms with Crippen molar-refractivity contribution in [3.63, 3.8) is 0 Å². The van der Waals surface area contributed by atoms with Crippen LogP contribution in [0.4, 0.5) is 0 Å². The molecule has 0 amide bonds. The first-order valence-corrected chi connectivity index (χ1v) is 8.57. The van der Waals surface area contributed by atoms with Gasteiger partial charge in [0.05, 0.1) is 5.75 Å². The second-order valence-corrected chi connectivity index (χ2v) is 7.26. The Hall–Kier alpha value is -0.580. The summed E-state index contributed by atoms with van der Waals surface area (Å²) in [5, 5.41) is 7.39. The molecule has 1 unspecified atom stereocenters. The van der Waals surface area contributed by atoms with Crippen molar-refractivity contribution in [1.82, 2.24) is 0 Å². The van der Waals surface area contributed by atoms with Crippen molar-refractivity contribution in [1.29, 1.82) is 0 Å². The molecule has 0 saturated carbocycles. The average Bonchev–Trinajstić information content (AvgIpc) is 2.31. The molecule has 0 aliphatic rings. The lowest BCUT2D eigenvalue weighted by atomic mass is 10.1. The molecule has 108 valence electrons. The van der Waals surface area contributed by atoms with Crippen LogP contribution >= 0.6 is 0 Å². The van der Waals surface area contributed by atoms with Crippen LogP contribution in [0.2, 0.25) is 0 Å². The Morgan fingerprint density at radius 2 is 1.44 bits per heavy atom. The SMILES string of the molecule is CCCCCCCCCCS(=O)(=O)C(C)C(=O)O. The van der Waals surface area contributed by atoms with Gasteiger partial charge in [-0.2, -0.15) is 0 Å². The van der Waals surface area contributed by atoms with Gasteiger partial charge in [0.1, 0.15) is 0 Å². The van der Waals surface area contributed by atoms with Gasteiger partial charge in [0.25, 0.3) is 0 Å². The van der Waals surface area contributed by atoms with Gasteiger partial charge in [0, 0.05) is 0 Å². The van der Waals surface area contributed by atoms with Crippen LogP contribution in [0.15, 0.2) is 0 Å². The van der Waals surface area contributed by atoms with Gasteiger partial charge in [-0.15, -0.1) is 0 Å².